The van der Waals surface area contributed by atoms with Crippen molar-refractivity contribution >= 4 is 16.1 Å². The second-order valence-electron chi connectivity index (χ2n) is 5.09. The van der Waals surface area contributed by atoms with Crippen molar-refractivity contribution in [1.29, 1.82) is 0 Å². The quantitative estimate of drug-likeness (QED) is 0.853. The first-order chi connectivity index (χ1) is 11.0. The Labute approximate surface area is 136 Å². The van der Waals surface area contributed by atoms with Crippen LogP contribution in [0.2, 0.25) is 0 Å². The smallest absolute Gasteiger partial charge is 0.328 e. The molecule has 2 rings (SSSR count). The van der Waals surface area contributed by atoms with Crippen LogP contribution in [-0.4, -0.2) is 21.0 Å². The van der Waals surface area contributed by atoms with Gasteiger partial charge in [-0.1, -0.05) is 49.4 Å². The fourth-order valence-electron chi connectivity index (χ4n) is 2.09. The van der Waals surface area contributed by atoms with Crippen LogP contribution in [0.4, 0.5) is 4.79 Å². The van der Waals surface area contributed by atoms with Crippen LogP contribution >= 0.6 is 0 Å². The van der Waals surface area contributed by atoms with Gasteiger partial charge in [-0.2, -0.15) is 0 Å². The molecule has 0 saturated heterocycles. The van der Waals surface area contributed by atoms with Gasteiger partial charge >= 0.3 is 6.03 Å². The Kier molecular flexibility index (Phi) is 5.76. The zero-order chi connectivity index (χ0) is 16.7. The fraction of sp³-hybridized carbons (Fsp3) is 0.235. The molecular weight excluding hydrogens is 312 g/mol. The Hall–Kier alpha value is -2.34. The van der Waals surface area contributed by atoms with Gasteiger partial charge in [-0.15, -0.1) is 0 Å². The van der Waals surface area contributed by atoms with Gasteiger partial charge in [-0.3, -0.25) is 0 Å². The highest BCUT2D eigenvalue weighted by molar-refractivity contribution is 7.90. The lowest BCUT2D eigenvalue weighted by atomic mass is 10.1. The second kappa shape index (κ2) is 7.78. The summed E-state index contributed by atoms with van der Waals surface area (Å²) in [5.41, 5.74) is 2.11. The molecule has 0 aliphatic rings. The van der Waals surface area contributed by atoms with Gasteiger partial charge in [0.2, 0.25) is 0 Å². The SMILES string of the molecule is CCc1ccc(S(=O)(=O)NC(=O)NCCc2ccccc2)cc1. The molecular formula is C17H20N2O3S. The molecule has 0 bridgehead atoms. The topological polar surface area (TPSA) is 75.3 Å². The minimum Gasteiger partial charge on any atom is -0.337 e. The van der Waals surface area contributed by atoms with E-state index < -0.39 is 16.1 Å². The van der Waals surface area contributed by atoms with Crippen molar-refractivity contribution in [2.75, 3.05) is 6.54 Å². The first kappa shape index (κ1) is 17.0. The van der Waals surface area contributed by atoms with Gasteiger partial charge in [0.05, 0.1) is 4.90 Å². The normalized spacial score (nSPS) is 11.0. The van der Waals surface area contributed by atoms with Crippen LogP contribution in [0.15, 0.2) is 59.5 Å². The summed E-state index contributed by atoms with van der Waals surface area (Å²) >= 11 is 0. The van der Waals surface area contributed by atoms with Crippen LogP contribution in [0.5, 0.6) is 0 Å². The van der Waals surface area contributed by atoms with Crippen LogP contribution in [0.3, 0.4) is 0 Å². The van der Waals surface area contributed by atoms with Crippen molar-refractivity contribution < 1.29 is 13.2 Å². The molecule has 0 saturated carbocycles. The summed E-state index contributed by atoms with van der Waals surface area (Å²) in [6.07, 6.45) is 1.47. The second-order valence-corrected chi connectivity index (χ2v) is 6.78. The van der Waals surface area contributed by atoms with E-state index in [-0.39, 0.29) is 4.90 Å². The minimum absolute atomic E-state index is 0.0768. The number of sulfonamides is 1. The lowest BCUT2D eigenvalue weighted by molar-refractivity contribution is 0.246. The predicted octanol–water partition coefficient (Wildman–Crippen LogP) is 2.48. The van der Waals surface area contributed by atoms with Crippen molar-refractivity contribution in [3.8, 4) is 0 Å². The van der Waals surface area contributed by atoms with E-state index in [9.17, 15) is 13.2 Å². The highest BCUT2D eigenvalue weighted by atomic mass is 32.2. The third-order valence-corrected chi connectivity index (χ3v) is 4.76. The summed E-state index contributed by atoms with van der Waals surface area (Å²) in [6, 6.07) is 15.4. The van der Waals surface area contributed by atoms with E-state index in [1.807, 2.05) is 42.0 Å². The summed E-state index contributed by atoms with van der Waals surface area (Å²) in [5.74, 6) is 0. The fourth-order valence-corrected chi connectivity index (χ4v) is 3.01. The van der Waals surface area contributed by atoms with Crippen molar-refractivity contribution in [2.45, 2.75) is 24.7 Å². The Morgan fingerprint density at radius 3 is 2.22 bits per heavy atom. The minimum atomic E-state index is -3.84. The number of nitrogens with one attached hydrogen (secondary N) is 2. The molecule has 0 atom stereocenters. The lowest BCUT2D eigenvalue weighted by Crippen LogP contribution is -2.40. The van der Waals surface area contributed by atoms with Gasteiger partial charge in [0.1, 0.15) is 0 Å². The Balaban J connectivity index is 1.88. The zero-order valence-electron chi connectivity index (χ0n) is 13.0. The number of urea groups is 1. The monoisotopic (exact) mass is 332 g/mol. The molecule has 0 aliphatic heterocycles. The van der Waals surface area contributed by atoms with Crippen molar-refractivity contribution in [3.05, 3.63) is 65.7 Å². The van der Waals surface area contributed by atoms with Crippen LogP contribution in [-0.2, 0) is 22.9 Å². The maximum atomic E-state index is 12.1. The van der Waals surface area contributed by atoms with Crippen molar-refractivity contribution in [2.24, 2.45) is 0 Å². The van der Waals surface area contributed by atoms with Crippen molar-refractivity contribution in [1.82, 2.24) is 10.0 Å². The molecule has 6 heteroatoms. The molecule has 0 aliphatic carbocycles. The van der Waals surface area contributed by atoms with Crippen molar-refractivity contribution in [3.63, 3.8) is 0 Å². The van der Waals surface area contributed by atoms with E-state index >= 15 is 0 Å². The maximum Gasteiger partial charge on any atom is 0.328 e. The molecule has 0 aromatic heterocycles. The highest BCUT2D eigenvalue weighted by Gasteiger charge is 2.16. The first-order valence-corrected chi connectivity index (χ1v) is 8.93. The van der Waals surface area contributed by atoms with E-state index in [0.29, 0.717) is 13.0 Å². The van der Waals surface area contributed by atoms with Gasteiger partial charge in [0.25, 0.3) is 10.0 Å². The van der Waals surface area contributed by atoms with E-state index in [1.54, 1.807) is 12.1 Å². The largest absolute Gasteiger partial charge is 0.337 e. The number of rotatable bonds is 6. The molecule has 0 unspecified atom stereocenters. The molecule has 2 aromatic rings. The van der Waals surface area contributed by atoms with Crippen LogP contribution in [0.1, 0.15) is 18.1 Å². The van der Waals surface area contributed by atoms with E-state index in [4.69, 9.17) is 0 Å². The third kappa shape index (κ3) is 5.10. The molecule has 5 nitrogen and oxygen atoms in total. The molecule has 0 spiro atoms. The Morgan fingerprint density at radius 1 is 0.957 bits per heavy atom. The summed E-state index contributed by atoms with van der Waals surface area (Å²) in [5, 5.41) is 2.55. The third-order valence-electron chi connectivity index (χ3n) is 3.41. The predicted molar refractivity (Wildman–Crippen MR) is 89.7 cm³/mol. The van der Waals surface area contributed by atoms with Crippen LogP contribution in [0, 0.1) is 0 Å². The molecule has 23 heavy (non-hydrogen) atoms. The summed E-state index contributed by atoms with van der Waals surface area (Å²) in [6.45, 7) is 2.35. The summed E-state index contributed by atoms with van der Waals surface area (Å²) < 4.78 is 26.2. The molecule has 2 N–H and O–H groups in total. The van der Waals surface area contributed by atoms with Gasteiger partial charge < -0.3 is 5.32 Å². The van der Waals surface area contributed by atoms with Gasteiger partial charge in [-0.05, 0) is 36.1 Å². The van der Waals surface area contributed by atoms with E-state index in [1.165, 1.54) is 12.1 Å². The number of carbonyl (C=O) groups excluding carboxylic acids is 1. The standard InChI is InChI=1S/C17H20N2O3S/c1-2-14-8-10-16(11-9-14)23(21,22)19-17(20)18-13-12-15-6-4-3-5-7-15/h3-11H,2,12-13H2,1H3,(H2,18,19,20). The van der Waals surface area contributed by atoms with Crippen LogP contribution < -0.4 is 10.0 Å². The Bertz CT molecular complexity index is 741. The number of hydrogen-bond donors (Lipinski definition) is 2. The molecule has 2 amide bonds. The maximum absolute atomic E-state index is 12.1. The van der Waals surface area contributed by atoms with E-state index in [0.717, 1.165) is 17.5 Å². The number of carbonyl (C=O) groups is 1. The molecule has 2 aromatic carbocycles. The summed E-state index contributed by atoms with van der Waals surface area (Å²) in [7, 11) is -3.84. The number of benzene rings is 2. The van der Waals surface area contributed by atoms with Gasteiger partial charge in [0, 0.05) is 6.54 Å². The van der Waals surface area contributed by atoms with Crippen LogP contribution in [0.25, 0.3) is 0 Å². The molecule has 122 valence electrons. The number of amides is 2. The summed E-state index contributed by atoms with van der Waals surface area (Å²) in [4.78, 5) is 11.8. The van der Waals surface area contributed by atoms with E-state index in [2.05, 4.69) is 5.32 Å². The lowest BCUT2D eigenvalue weighted by Gasteiger charge is -2.09. The van der Waals surface area contributed by atoms with Gasteiger partial charge in [0.15, 0.2) is 0 Å². The molecule has 0 heterocycles. The van der Waals surface area contributed by atoms with Gasteiger partial charge in [-0.25, -0.2) is 17.9 Å². The zero-order valence-corrected chi connectivity index (χ0v) is 13.8. The number of hydrogen-bond acceptors (Lipinski definition) is 3. The molecule has 0 fully saturated rings. The molecule has 0 radical (unpaired) electrons. The number of aryl methyl sites for hydroxylation is 1. The first-order valence-electron chi connectivity index (χ1n) is 7.45. The Morgan fingerprint density at radius 2 is 1.61 bits per heavy atom. The average Bonchev–Trinajstić information content (AvgIpc) is 2.55. The average molecular weight is 332 g/mol. The highest BCUT2D eigenvalue weighted by Crippen LogP contribution is 2.10.